The van der Waals surface area contributed by atoms with E-state index in [1.54, 1.807) is 28.9 Å². The lowest BCUT2D eigenvalue weighted by Crippen LogP contribution is -1.97. The number of halogens is 1. The maximum Gasteiger partial charge on any atom is 0.224 e. The molecule has 0 unspecified atom stereocenters. The summed E-state index contributed by atoms with van der Waals surface area (Å²) in [6.07, 6.45) is 1.41. The van der Waals surface area contributed by atoms with Crippen LogP contribution in [0.2, 0.25) is 5.02 Å². The average molecular weight is 542 g/mol. The Balaban J connectivity index is 1.69. The van der Waals surface area contributed by atoms with Crippen LogP contribution >= 0.6 is 11.6 Å². The van der Waals surface area contributed by atoms with Crippen molar-refractivity contribution in [2.45, 2.75) is 0 Å². The molecule has 0 N–H and O–H groups in total. The van der Waals surface area contributed by atoms with E-state index in [0.29, 0.717) is 57.2 Å². The smallest absolute Gasteiger partial charge is 0.224 e. The Labute approximate surface area is 229 Å². The summed E-state index contributed by atoms with van der Waals surface area (Å²) in [7, 11) is 6.35. The number of aromatic nitrogens is 3. The number of pyridine rings is 1. The highest BCUT2D eigenvalue weighted by molar-refractivity contribution is 6.36. The van der Waals surface area contributed by atoms with E-state index < -0.39 is 0 Å². The summed E-state index contributed by atoms with van der Waals surface area (Å²) in [5.74, 6) is 1.02. The summed E-state index contributed by atoms with van der Waals surface area (Å²) in [6, 6.07) is 18.6. The number of hydrogen-bond acceptors (Lipinski definition) is 7. The van der Waals surface area contributed by atoms with Crippen molar-refractivity contribution >= 4 is 35.1 Å². The van der Waals surface area contributed by atoms with Crippen LogP contribution in [0.1, 0.15) is 20.7 Å². The molecule has 2 aromatic heterocycles. The van der Waals surface area contributed by atoms with E-state index >= 15 is 0 Å². The van der Waals surface area contributed by atoms with Gasteiger partial charge in [-0.15, -0.1) is 0 Å². The average Bonchev–Trinajstić information content (AvgIpc) is 3.32. The fourth-order valence-corrected chi connectivity index (χ4v) is 5.08. The SMILES string of the molecule is COc1cc(-c2nn(C)c3c(-c4cccc(-c5ccc(C=O)c(OC)n5)c4Cl)cccc23)cc(OC)c1C=O. The van der Waals surface area contributed by atoms with E-state index in [-0.39, 0.29) is 5.88 Å². The van der Waals surface area contributed by atoms with E-state index in [0.717, 1.165) is 27.6 Å². The predicted molar refractivity (Wildman–Crippen MR) is 150 cm³/mol. The Morgan fingerprint density at radius 1 is 0.821 bits per heavy atom. The molecule has 8 nitrogen and oxygen atoms in total. The van der Waals surface area contributed by atoms with Crippen molar-refractivity contribution in [3.8, 4) is 51.0 Å². The second-order valence-corrected chi connectivity index (χ2v) is 9.04. The molecule has 0 saturated carbocycles. The highest BCUT2D eigenvalue weighted by atomic mass is 35.5. The normalized spacial score (nSPS) is 10.9. The summed E-state index contributed by atoms with van der Waals surface area (Å²) in [4.78, 5) is 27.5. The van der Waals surface area contributed by atoms with Crippen molar-refractivity contribution < 1.29 is 23.8 Å². The van der Waals surface area contributed by atoms with Crippen molar-refractivity contribution in [1.29, 1.82) is 0 Å². The first-order valence-corrected chi connectivity index (χ1v) is 12.3. The molecule has 196 valence electrons. The van der Waals surface area contributed by atoms with Gasteiger partial charge < -0.3 is 14.2 Å². The van der Waals surface area contributed by atoms with E-state index in [1.165, 1.54) is 21.3 Å². The van der Waals surface area contributed by atoms with Crippen LogP contribution in [-0.2, 0) is 7.05 Å². The lowest BCUT2D eigenvalue weighted by molar-refractivity contribution is 0.111. The number of para-hydroxylation sites is 1. The minimum atomic E-state index is 0.230. The number of rotatable bonds is 8. The number of carbonyl (C=O) groups excluding carboxylic acids is 2. The Morgan fingerprint density at radius 2 is 1.49 bits per heavy atom. The monoisotopic (exact) mass is 541 g/mol. The van der Waals surface area contributed by atoms with Crippen LogP contribution in [0.15, 0.2) is 60.7 Å². The van der Waals surface area contributed by atoms with Gasteiger partial charge in [0.05, 0.1) is 48.7 Å². The third-order valence-electron chi connectivity index (χ3n) is 6.57. The topological polar surface area (TPSA) is 92.5 Å². The fraction of sp³-hybridized carbons (Fsp3) is 0.133. The first kappa shape index (κ1) is 25.9. The lowest BCUT2D eigenvalue weighted by Gasteiger charge is -2.13. The standard InChI is InChI=1S/C30H24ClN3O5/c1-34-29-20(19-7-5-9-21(27(19)31)24-12-11-17(15-35)30(32-24)39-4)8-6-10-22(29)28(33-34)18-13-25(37-2)23(16-36)26(14-18)38-3/h5-16H,1-4H3. The maximum atomic E-state index is 11.6. The number of aldehydes is 2. The van der Waals surface area contributed by atoms with Gasteiger partial charge in [-0.25, -0.2) is 4.98 Å². The van der Waals surface area contributed by atoms with Gasteiger partial charge in [0.25, 0.3) is 0 Å². The van der Waals surface area contributed by atoms with E-state index in [2.05, 4.69) is 4.98 Å². The molecular weight excluding hydrogens is 518 g/mol. The second kappa shape index (κ2) is 10.6. The largest absolute Gasteiger partial charge is 0.496 e. The summed E-state index contributed by atoms with van der Waals surface area (Å²) < 4.78 is 18.0. The zero-order valence-electron chi connectivity index (χ0n) is 21.7. The van der Waals surface area contributed by atoms with Gasteiger partial charge in [-0.1, -0.05) is 48.0 Å². The van der Waals surface area contributed by atoms with E-state index in [9.17, 15) is 9.59 Å². The molecule has 0 saturated heterocycles. The summed E-state index contributed by atoms with van der Waals surface area (Å²) >= 11 is 6.99. The maximum absolute atomic E-state index is 11.6. The van der Waals surface area contributed by atoms with Crippen molar-refractivity contribution in [3.63, 3.8) is 0 Å². The highest BCUT2D eigenvalue weighted by Crippen LogP contribution is 2.42. The van der Waals surface area contributed by atoms with Gasteiger partial charge in [0.1, 0.15) is 17.2 Å². The third-order valence-corrected chi connectivity index (χ3v) is 6.98. The molecule has 0 spiro atoms. The zero-order valence-corrected chi connectivity index (χ0v) is 22.4. The molecule has 0 aliphatic heterocycles. The molecule has 2 heterocycles. The number of nitrogens with zero attached hydrogens (tertiary/aromatic N) is 3. The van der Waals surface area contributed by atoms with Crippen LogP contribution in [0, 0.1) is 0 Å². The quantitative estimate of drug-likeness (QED) is 0.214. The van der Waals surface area contributed by atoms with Gasteiger partial charge in [-0.05, 0) is 24.3 Å². The Kier molecular flexibility index (Phi) is 7.04. The molecule has 3 aromatic carbocycles. The van der Waals surface area contributed by atoms with Crippen molar-refractivity contribution in [2.75, 3.05) is 21.3 Å². The minimum absolute atomic E-state index is 0.230. The van der Waals surface area contributed by atoms with Gasteiger partial charge in [-0.3, -0.25) is 14.3 Å². The van der Waals surface area contributed by atoms with E-state index in [1.807, 2.05) is 43.4 Å². The molecule has 9 heteroatoms. The molecular formula is C30H24ClN3O5. The molecule has 0 fully saturated rings. The van der Waals surface area contributed by atoms with Gasteiger partial charge in [0, 0.05) is 34.7 Å². The van der Waals surface area contributed by atoms with Gasteiger partial charge in [-0.2, -0.15) is 5.10 Å². The number of fused-ring (bicyclic) bond motifs is 1. The van der Waals surface area contributed by atoms with Gasteiger partial charge >= 0.3 is 0 Å². The molecule has 0 atom stereocenters. The Morgan fingerprint density at radius 3 is 2.13 bits per heavy atom. The van der Waals surface area contributed by atoms with Gasteiger partial charge in [0.15, 0.2) is 12.6 Å². The van der Waals surface area contributed by atoms with Crippen molar-refractivity contribution in [1.82, 2.24) is 14.8 Å². The van der Waals surface area contributed by atoms with Crippen molar-refractivity contribution in [3.05, 3.63) is 76.8 Å². The number of ether oxygens (including phenoxy) is 3. The van der Waals surface area contributed by atoms with Crippen LogP contribution in [0.4, 0.5) is 0 Å². The molecule has 5 rings (SSSR count). The van der Waals surface area contributed by atoms with Crippen molar-refractivity contribution in [2.24, 2.45) is 7.05 Å². The number of aryl methyl sites for hydroxylation is 1. The minimum Gasteiger partial charge on any atom is -0.496 e. The van der Waals surface area contributed by atoms with Crippen LogP contribution in [-0.4, -0.2) is 48.7 Å². The molecule has 0 aliphatic rings. The number of hydrogen-bond donors (Lipinski definition) is 0. The van der Waals surface area contributed by atoms with Crippen LogP contribution < -0.4 is 14.2 Å². The molecule has 0 bridgehead atoms. The number of methoxy groups -OCH3 is 3. The molecule has 0 amide bonds. The lowest BCUT2D eigenvalue weighted by atomic mass is 9.97. The first-order chi connectivity index (χ1) is 18.9. The molecule has 0 aliphatic carbocycles. The number of benzene rings is 3. The first-order valence-electron chi connectivity index (χ1n) is 11.9. The second-order valence-electron chi connectivity index (χ2n) is 8.67. The summed E-state index contributed by atoms with van der Waals surface area (Å²) in [6.45, 7) is 0. The van der Waals surface area contributed by atoms with Crippen LogP contribution in [0.3, 0.4) is 0 Å². The molecule has 39 heavy (non-hydrogen) atoms. The highest BCUT2D eigenvalue weighted by Gasteiger charge is 2.21. The fourth-order valence-electron chi connectivity index (χ4n) is 4.75. The molecule has 5 aromatic rings. The number of carbonyl (C=O) groups is 2. The van der Waals surface area contributed by atoms with E-state index in [4.69, 9.17) is 30.9 Å². The molecule has 0 radical (unpaired) electrons. The van der Waals surface area contributed by atoms with Gasteiger partial charge in [0.2, 0.25) is 5.88 Å². The summed E-state index contributed by atoms with van der Waals surface area (Å²) in [5, 5.41) is 6.20. The Bertz CT molecular complexity index is 1720. The zero-order chi connectivity index (χ0) is 27.7. The summed E-state index contributed by atoms with van der Waals surface area (Å²) in [5.41, 5.74) is 5.94. The van der Waals surface area contributed by atoms with Crippen LogP contribution in [0.5, 0.6) is 17.4 Å². The third kappa shape index (κ3) is 4.38. The predicted octanol–water partition coefficient (Wildman–Crippen LogP) is 6.27. The van der Waals surface area contributed by atoms with Crippen LogP contribution in [0.25, 0.3) is 44.5 Å². The Hall–Kier alpha value is -4.69.